The summed E-state index contributed by atoms with van der Waals surface area (Å²) >= 11 is 5.60. The van der Waals surface area contributed by atoms with Crippen molar-refractivity contribution < 1.29 is 0 Å². The molecule has 12 heavy (non-hydrogen) atoms. The van der Waals surface area contributed by atoms with E-state index in [2.05, 4.69) is 11.1 Å². The third-order valence-corrected chi connectivity index (χ3v) is 1.82. The van der Waals surface area contributed by atoms with Crippen LogP contribution in [0.15, 0.2) is 12.3 Å². The van der Waals surface area contributed by atoms with Crippen molar-refractivity contribution in [2.24, 2.45) is 0 Å². The maximum absolute atomic E-state index is 5.60. The van der Waals surface area contributed by atoms with Gasteiger partial charge in [0.1, 0.15) is 0 Å². The van der Waals surface area contributed by atoms with Gasteiger partial charge in [-0.05, 0) is 36.8 Å². The van der Waals surface area contributed by atoms with Crippen LogP contribution in [-0.4, -0.2) is 10.9 Å². The average Bonchev–Trinajstić information content (AvgIpc) is 2.08. The second-order valence-electron chi connectivity index (χ2n) is 2.63. The largest absolute Gasteiger partial charge is 0.256 e. The third-order valence-electron chi connectivity index (χ3n) is 1.67. The van der Waals surface area contributed by atoms with Crippen molar-refractivity contribution >= 4 is 23.8 Å². The van der Waals surface area contributed by atoms with E-state index in [9.17, 15) is 0 Å². The summed E-state index contributed by atoms with van der Waals surface area (Å²) in [5, 5.41) is 2.12. The number of pyridine rings is 1. The van der Waals surface area contributed by atoms with Crippen LogP contribution in [0.5, 0.6) is 0 Å². The van der Waals surface area contributed by atoms with Crippen LogP contribution in [0.25, 0.3) is 12.2 Å². The Kier molecular flexibility index (Phi) is 3.30. The summed E-state index contributed by atoms with van der Waals surface area (Å²) in [6.45, 7) is 4.03. The number of alkyl halides is 1. The lowest BCUT2D eigenvalue weighted by Gasteiger charge is -1.91. The predicted molar refractivity (Wildman–Crippen MR) is 53.5 cm³/mol. The lowest BCUT2D eigenvalue weighted by Crippen LogP contribution is -2.28. The van der Waals surface area contributed by atoms with E-state index in [4.69, 9.17) is 11.6 Å². The first kappa shape index (κ1) is 9.27. The Morgan fingerprint density at radius 3 is 2.92 bits per heavy atom. The molecule has 0 aliphatic heterocycles. The van der Waals surface area contributed by atoms with Gasteiger partial charge in [-0.1, -0.05) is 6.08 Å². The Balaban J connectivity index is 3.42. The van der Waals surface area contributed by atoms with Gasteiger partial charge in [0, 0.05) is 12.1 Å². The molecule has 0 radical (unpaired) electrons. The Morgan fingerprint density at radius 2 is 2.33 bits per heavy atom. The number of halogens is 1. The third kappa shape index (κ3) is 2.08. The number of hydrogen-bond acceptors (Lipinski definition) is 1. The van der Waals surface area contributed by atoms with Gasteiger partial charge in [0.2, 0.25) is 0 Å². The molecular formula is C10H12ClN. The van der Waals surface area contributed by atoms with Crippen LogP contribution in [0, 0.1) is 6.92 Å². The van der Waals surface area contributed by atoms with Gasteiger partial charge in [-0.25, -0.2) is 0 Å². The molecule has 2 heteroatoms. The fourth-order valence-electron chi connectivity index (χ4n) is 1.08. The van der Waals surface area contributed by atoms with Crippen LogP contribution in [0.4, 0.5) is 0 Å². The predicted octanol–water partition coefficient (Wildman–Crippen LogP) is 1.21. The molecule has 1 aromatic heterocycles. The van der Waals surface area contributed by atoms with E-state index in [1.807, 2.05) is 32.2 Å². The first-order valence-corrected chi connectivity index (χ1v) is 4.46. The first-order chi connectivity index (χ1) is 5.77. The summed E-state index contributed by atoms with van der Waals surface area (Å²) in [6.07, 6.45) is 5.81. The molecule has 0 N–H and O–H groups in total. The van der Waals surface area contributed by atoms with Gasteiger partial charge < -0.3 is 0 Å². The van der Waals surface area contributed by atoms with Crippen LogP contribution in [0.2, 0.25) is 0 Å². The summed E-state index contributed by atoms with van der Waals surface area (Å²) in [5.74, 6) is 0.511. The second kappa shape index (κ2) is 4.27. The van der Waals surface area contributed by atoms with Crippen molar-refractivity contribution in [1.82, 2.24) is 4.98 Å². The molecule has 0 unspecified atom stereocenters. The van der Waals surface area contributed by atoms with Gasteiger partial charge >= 0.3 is 0 Å². The molecule has 0 aromatic carbocycles. The molecule has 0 spiro atoms. The van der Waals surface area contributed by atoms with E-state index in [0.29, 0.717) is 5.88 Å². The molecule has 0 amide bonds. The minimum absolute atomic E-state index is 0.511. The molecule has 0 aliphatic carbocycles. The van der Waals surface area contributed by atoms with Crippen LogP contribution >= 0.6 is 11.6 Å². The normalized spacial score (nSPS) is 13.9. The Hall–Kier alpha value is -0.820. The van der Waals surface area contributed by atoms with Crippen molar-refractivity contribution in [2.45, 2.75) is 13.8 Å². The first-order valence-electron chi connectivity index (χ1n) is 3.93. The van der Waals surface area contributed by atoms with E-state index in [-0.39, 0.29) is 0 Å². The lowest BCUT2D eigenvalue weighted by atomic mass is 10.2. The number of aromatic nitrogens is 1. The van der Waals surface area contributed by atoms with E-state index in [0.717, 1.165) is 10.6 Å². The summed E-state index contributed by atoms with van der Waals surface area (Å²) in [6, 6.07) is 2.10. The minimum atomic E-state index is 0.511. The SMILES string of the molecule is C/C=c1/cc(C)cn/c1=C/CCl. The second-order valence-corrected chi connectivity index (χ2v) is 2.94. The Labute approximate surface area is 77.4 Å². The molecular weight excluding hydrogens is 170 g/mol. The summed E-state index contributed by atoms with van der Waals surface area (Å²) in [7, 11) is 0. The van der Waals surface area contributed by atoms with Crippen LogP contribution < -0.4 is 10.6 Å². The molecule has 0 saturated heterocycles. The topological polar surface area (TPSA) is 12.9 Å². The highest BCUT2D eigenvalue weighted by atomic mass is 35.5. The van der Waals surface area contributed by atoms with E-state index < -0.39 is 0 Å². The average molecular weight is 182 g/mol. The fourth-order valence-corrected chi connectivity index (χ4v) is 1.22. The standard InChI is InChI=1S/C10H12ClN/c1-3-9-6-8(2)7-12-10(9)4-5-11/h3-4,6-7H,5H2,1-2H3/b9-3-,10-4+. The zero-order valence-corrected chi connectivity index (χ0v) is 8.10. The van der Waals surface area contributed by atoms with E-state index >= 15 is 0 Å². The lowest BCUT2D eigenvalue weighted by molar-refractivity contribution is 1.18. The molecule has 0 bridgehead atoms. The number of hydrogen-bond donors (Lipinski definition) is 0. The highest BCUT2D eigenvalue weighted by Gasteiger charge is 1.86. The highest BCUT2D eigenvalue weighted by Crippen LogP contribution is 1.83. The number of nitrogens with zero attached hydrogens (tertiary/aromatic N) is 1. The Bertz CT molecular complexity index is 368. The van der Waals surface area contributed by atoms with Crippen LogP contribution in [0.3, 0.4) is 0 Å². The van der Waals surface area contributed by atoms with Crippen molar-refractivity contribution in [2.75, 3.05) is 5.88 Å². The minimum Gasteiger partial charge on any atom is -0.256 e. The summed E-state index contributed by atoms with van der Waals surface area (Å²) < 4.78 is 0. The molecule has 1 nitrogen and oxygen atoms in total. The molecule has 1 aromatic rings. The monoisotopic (exact) mass is 181 g/mol. The van der Waals surface area contributed by atoms with Gasteiger partial charge in [0.25, 0.3) is 0 Å². The van der Waals surface area contributed by atoms with Gasteiger partial charge in [0.15, 0.2) is 0 Å². The molecule has 0 atom stereocenters. The Morgan fingerprint density at radius 1 is 1.58 bits per heavy atom. The maximum Gasteiger partial charge on any atom is 0.0670 e. The van der Waals surface area contributed by atoms with Gasteiger partial charge in [-0.2, -0.15) is 0 Å². The molecule has 64 valence electrons. The van der Waals surface area contributed by atoms with E-state index in [1.165, 1.54) is 5.56 Å². The van der Waals surface area contributed by atoms with Crippen molar-refractivity contribution in [1.29, 1.82) is 0 Å². The molecule has 0 saturated carbocycles. The quantitative estimate of drug-likeness (QED) is 0.594. The molecule has 0 fully saturated rings. The van der Waals surface area contributed by atoms with Crippen molar-refractivity contribution in [3.8, 4) is 0 Å². The zero-order valence-electron chi connectivity index (χ0n) is 7.34. The van der Waals surface area contributed by atoms with Crippen molar-refractivity contribution in [3.63, 3.8) is 0 Å². The molecule has 1 rings (SSSR count). The molecule has 1 heterocycles. The van der Waals surface area contributed by atoms with Crippen LogP contribution in [-0.2, 0) is 0 Å². The highest BCUT2D eigenvalue weighted by molar-refractivity contribution is 6.20. The van der Waals surface area contributed by atoms with E-state index in [1.54, 1.807) is 0 Å². The number of rotatable bonds is 1. The summed E-state index contributed by atoms with van der Waals surface area (Å²) in [4.78, 5) is 4.27. The number of aryl methyl sites for hydroxylation is 1. The summed E-state index contributed by atoms with van der Waals surface area (Å²) in [5.41, 5.74) is 1.18. The fraction of sp³-hybridized carbons (Fsp3) is 0.300. The molecule has 0 aliphatic rings. The smallest absolute Gasteiger partial charge is 0.0670 e. The van der Waals surface area contributed by atoms with Crippen LogP contribution in [0.1, 0.15) is 12.5 Å². The van der Waals surface area contributed by atoms with Crippen molar-refractivity contribution in [3.05, 3.63) is 28.4 Å². The zero-order chi connectivity index (χ0) is 8.97. The maximum atomic E-state index is 5.60. The van der Waals surface area contributed by atoms with Gasteiger partial charge in [-0.3, -0.25) is 4.98 Å². The van der Waals surface area contributed by atoms with Gasteiger partial charge in [-0.15, -0.1) is 11.6 Å². The van der Waals surface area contributed by atoms with Gasteiger partial charge in [0.05, 0.1) is 5.35 Å².